The summed E-state index contributed by atoms with van der Waals surface area (Å²) >= 11 is 0. The molecular formula is C12H17N3O2. The molecule has 17 heavy (non-hydrogen) atoms. The summed E-state index contributed by atoms with van der Waals surface area (Å²) in [6.45, 7) is 4.67. The Kier molecular flexibility index (Phi) is 3.17. The number of carbonyl (C=O) groups is 1. The Morgan fingerprint density at radius 1 is 1.47 bits per heavy atom. The second-order valence-corrected chi connectivity index (χ2v) is 4.47. The van der Waals surface area contributed by atoms with E-state index in [0.717, 1.165) is 0 Å². The molecule has 1 unspecified atom stereocenters. The quantitative estimate of drug-likeness (QED) is 0.819. The van der Waals surface area contributed by atoms with E-state index < -0.39 is 0 Å². The van der Waals surface area contributed by atoms with Crippen LogP contribution in [0, 0.1) is 11.8 Å². The minimum Gasteiger partial charge on any atom is -0.481 e. The molecule has 2 N–H and O–H groups in total. The van der Waals surface area contributed by atoms with Gasteiger partial charge in [-0.1, -0.05) is 13.8 Å². The second-order valence-electron chi connectivity index (χ2n) is 4.47. The third-order valence-corrected chi connectivity index (χ3v) is 2.97. The molecule has 2 heterocycles. The van der Waals surface area contributed by atoms with Crippen molar-refractivity contribution in [1.82, 2.24) is 4.98 Å². The topological polar surface area (TPSA) is 63.2 Å². The van der Waals surface area contributed by atoms with Crippen molar-refractivity contribution in [3.05, 3.63) is 12.1 Å². The monoisotopic (exact) mass is 235 g/mol. The lowest BCUT2D eigenvalue weighted by Crippen LogP contribution is -2.29. The van der Waals surface area contributed by atoms with Crippen LogP contribution >= 0.6 is 0 Å². The Balaban J connectivity index is 2.28. The molecule has 0 bridgehead atoms. The maximum atomic E-state index is 12.0. The summed E-state index contributed by atoms with van der Waals surface area (Å²) in [7, 11) is 1.57. The average molecular weight is 235 g/mol. The lowest BCUT2D eigenvalue weighted by Gasteiger charge is -2.16. The molecule has 0 aromatic carbocycles. The highest BCUT2D eigenvalue weighted by molar-refractivity contribution is 5.96. The van der Waals surface area contributed by atoms with Gasteiger partial charge >= 0.3 is 0 Å². The summed E-state index contributed by atoms with van der Waals surface area (Å²) < 4.78 is 5.06. The third kappa shape index (κ3) is 2.33. The summed E-state index contributed by atoms with van der Waals surface area (Å²) in [5.41, 5.74) is 0.707. The number of nitrogens with one attached hydrogen (secondary N) is 2. The number of nitrogens with zero attached hydrogens (tertiary/aromatic N) is 1. The molecule has 0 spiro atoms. The number of rotatable bonds is 2. The number of hydrogen-bond acceptors (Lipinski definition) is 4. The van der Waals surface area contributed by atoms with Crippen molar-refractivity contribution in [2.75, 3.05) is 24.3 Å². The number of fused-ring (bicyclic) bond motifs is 1. The van der Waals surface area contributed by atoms with Crippen LogP contribution in [-0.4, -0.2) is 24.5 Å². The van der Waals surface area contributed by atoms with Crippen molar-refractivity contribution in [3.8, 4) is 5.88 Å². The van der Waals surface area contributed by atoms with Gasteiger partial charge in [0.25, 0.3) is 0 Å². The van der Waals surface area contributed by atoms with E-state index in [1.165, 1.54) is 0 Å². The van der Waals surface area contributed by atoms with Crippen LogP contribution in [0.1, 0.15) is 13.8 Å². The normalized spacial score (nSPS) is 19.1. The van der Waals surface area contributed by atoms with Crippen LogP contribution < -0.4 is 15.4 Å². The maximum Gasteiger partial charge on any atom is 0.229 e. The van der Waals surface area contributed by atoms with Crippen molar-refractivity contribution in [2.45, 2.75) is 13.8 Å². The van der Waals surface area contributed by atoms with Crippen molar-refractivity contribution < 1.29 is 9.53 Å². The van der Waals surface area contributed by atoms with Crippen LogP contribution in [0.15, 0.2) is 12.1 Å². The van der Waals surface area contributed by atoms with Crippen LogP contribution in [0.5, 0.6) is 5.88 Å². The number of anilines is 2. The number of pyridine rings is 1. The van der Waals surface area contributed by atoms with Crippen molar-refractivity contribution >= 4 is 17.4 Å². The molecule has 92 valence electrons. The van der Waals surface area contributed by atoms with Crippen LogP contribution in [0.25, 0.3) is 0 Å². The van der Waals surface area contributed by atoms with Gasteiger partial charge in [0.15, 0.2) is 5.82 Å². The summed E-state index contributed by atoms with van der Waals surface area (Å²) in [4.78, 5) is 16.2. The number of methoxy groups -OCH3 is 1. The molecule has 0 fully saturated rings. The Bertz CT molecular complexity index is 432. The summed E-state index contributed by atoms with van der Waals surface area (Å²) in [5, 5.41) is 6.07. The largest absolute Gasteiger partial charge is 0.481 e. The molecule has 0 saturated carbocycles. The first kappa shape index (κ1) is 11.7. The second kappa shape index (κ2) is 4.61. The third-order valence-electron chi connectivity index (χ3n) is 2.97. The molecule has 0 radical (unpaired) electrons. The van der Waals surface area contributed by atoms with Crippen LogP contribution in [0.3, 0.4) is 0 Å². The van der Waals surface area contributed by atoms with E-state index in [1.54, 1.807) is 19.2 Å². The average Bonchev–Trinajstić information content (AvgIpc) is 2.46. The molecule has 1 aliphatic rings. The first-order valence-corrected chi connectivity index (χ1v) is 5.71. The van der Waals surface area contributed by atoms with Gasteiger partial charge < -0.3 is 15.4 Å². The summed E-state index contributed by atoms with van der Waals surface area (Å²) in [6, 6.07) is 3.53. The molecule has 5 heteroatoms. The highest BCUT2D eigenvalue weighted by atomic mass is 16.5. The molecule has 1 amide bonds. The van der Waals surface area contributed by atoms with Gasteiger partial charge in [-0.3, -0.25) is 4.79 Å². The molecule has 1 aromatic rings. The van der Waals surface area contributed by atoms with Gasteiger partial charge in [0.05, 0.1) is 18.7 Å². The van der Waals surface area contributed by atoms with Gasteiger partial charge in [0, 0.05) is 12.6 Å². The molecule has 2 rings (SSSR count). The molecule has 0 aliphatic carbocycles. The number of amides is 1. The van der Waals surface area contributed by atoms with E-state index in [4.69, 9.17) is 4.74 Å². The Morgan fingerprint density at radius 2 is 2.24 bits per heavy atom. The predicted molar refractivity (Wildman–Crippen MR) is 66.2 cm³/mol. The lowest BCUT2D eigenvalue weighted by molar-refractivity contribution is -0.120. The number of ether oxygens (including phenoxy) is 1. The number of carbonyl (C=O) groups excluding carboxylic acids is 1. The van der Waals surface area contributed by atoms with Gasteiger partial charge in [0.2, 0.25) is 11.8 Å². The Labute approximate surface area is 101 Å². The Hall–Kier alpha value is -1.78. The number of aromatic nitrogens is 1. The van der Waals surface area contributed by atoms with E-state index in [-0.39, 0.29) is 11.8 Å². The van der Waals surface area contributed by atoms with E-state index in [1.807, 2.05) is 13.8 Å². The SMILES string of the molecule is COc1ccc2c(n1)NCC(C(C)C)C(=O)N2. The van der Waals surface area contributed by atoms with E-state index in [9.17, 15) is 4.79 Å². The van der Waals surface area contributed by atoms with E-state index >= 15 is 0 Å². The first-order chi connectivity index (χ1) is 8.11. The van der Waals surface area contributed by atoms with Crippen molar-refractivity contribution in [3.63, 3.8) is 0 Å². The fourth-order valence-corrected chi connectivity index (χ4v) is 1.85. The summed E-state index contributed by atoms with van der Waals surface area (Å²) in [5.74, 6) is 1.49. The smallest absolute Gasteiger partial charge is 0.229 e. The Morgan fingerprint density at radius 3 is 2.88 bits per heavy atom. The van der Waals surface area contributed by atoms with Crippen LogP contribution in [0.2, 0.25) is 0 Å². The molecule has 1 aromatic heterocycles. The zero-order chi connectivity index (χ0) is 12.4. The van der Waals surface area contributed by atoms with Crippen molar-refractivity contribution in [1.29, 1.82) is 0 Å². The fraction of sp³-hybridized carbons (Fsp3) is 0.500. The number of hydrogen-bond donors (Lipinski definition) is 2. The zero-order valence-corrected chi connectivity index (χ0v) is 10.3. The van der Waals surface area contributed by atoms with Gasteiger partial charge in [-0.25, -0.2) is 0 Å². The van der Waals surface area contributed by atoms with E-state index in [0.29, 0.717) is 29.8 Å². The van der Waals surface area contributed by atoms with Gasteiger partial charge in [-0.15, -0.1) is 0 Å². The van der Waals surface area contributed by atoms with Crippen LogP contribution in [-0.2, 0) is 4.79 Å². The maximum absolute atomic E-state index is 12.0. The minimum absolute atomic E-state index is 0.0400. The van der Waals surface area contributed by atoms with E-state index in [2.05, 4.69) is 15.6 Å². The van der Waals surface area contributed by atoms with Crippen molar-refractivity contribution in [2.24, 2.45) is 11.8 Å². The summed E-state index contributed by atoms with van der Waals surface area (Å²) in [6.07, 6.45) is 0. The first-order valence-electron chi connectivity index (χ1n) is 5.71. The minimum atomic E-state index is -0.0461. The molecule has 1 atom stereocenters. The van der Waals surface area contributed by atoms with Gasteiger partial charge in [0.1, 0.15) is 0 Å². The fourth-order valence-electron chi connectivity index (χ4n) is 1.85. The highest BCUT2D eigenvalue weighted by Crippen LogP contribution is 2.27. The molecule has 0 saturated heterocycles. The lowest BCUT2D eigenvalue weighted by atomic mass is 9.95. The predicted octanol–water partition coefficient (Wildman–Crippen LogP) is 1.73. The standard InChI is InChI=1S/C12H17N3O2/c1-7(2)8-6-13-11-9(14-12(8)16)4-5-10(15-11)17-3/h4-5,7-8H,6H2,1-3H3,(H,13,15)(H,14,16). The molecule has 5 nitrogen and oxygen atoms in total. The highest BCUT2D eigenvalue weighted by Gasteiger charge is 2.26. The molecular weight excluding hydrogens is 218 g/mol. The molecule has 1 aliphatic heterocycles. The zero-order valence-electron chi connectivity index (χ0n) is 10.3. The van der Waals surface area contributed by atoms with Gasteiger partial charge in [-0.05, 0) is 12.0 Å². The van der Waals surface area contributed by atoms with Crippen LogP contribution in [0.4, 0.5) is 11.5 Å². The van der Waals surface area contributed by atoms with Gasteiger partial charge in [-0.2, -0.15) is 4.98 Å².